The van der Waals surface area contributed by atoms with E-state index >= 15 is 0 Å². The van der Waals surface area contributed by atoms with E-state index in [4.69, 9.17) is 10.5 Å². The Labute approximate surface area is 284 Å². The number of nitrogens with zero attached hydrogens (tertiary/aromatic N) is 1. The third kappa shape index (κ3) is 11.5. The number of aromatic amines is 1. The fraction of sp³-hybridized carbons (Fsp3) is 0.553. The van der Waals surface area contributed by atoms with Gasteiger partial charge in [-0.05, 0) is 112 Å². The molecule has 10 nitrogen and oxygen atoms in total. The number of phenols is 1. The van der Waals surface area contributed by atoms with Gasteiger partial charge >= 0.3 is 0 Å². The van der Waals surface area contributed by atoms with E-state index in [2.05, 4.69) is 34.0 Å². The van der Waals surface area contributed by atoms with Gasteiger partial charge in [0, 0.05) is 48.9 Å². The standard InChI is InChI=1S/C38H54N4O6/c1-3-26-6-4-8-33(35(46)14-11-31(18-26)42-23-25(2)44)34(45)12-9-27-10-13-36(47)37(19-27)48-32(24-43)21-29(20-30-7-5-16-40-30)28-15-17-41-38(39)22-28/h5,7,10,13,15-17,19,22,25-26,29,31-35,40,42-47H,3,8-9,11-12,14,18,20-21,23-24H2,1-2H3,(H2,39,41)/t25-,26-,29-,31-,32-,33+,34+,35-/m0/s1. The molecule has 0 saturated heterocycles. The van der Waals surface area contributed by atoms with E-state index in [9.17, 15) is 25.5 Å². The molecule has 262 valence electrons. The van der Waals surface area contributed by atoms with E-state index < -0.39 is 30.3 Å². The second kappa shape index (κ2) is 18.8. The molecule has 4 rings (SSSR count). The lowest BCUT2D eigenvalue weighted by atomic mass is 9.84. The summed E-state index contributed by atoms with van der Waals surface area (Å²) < 4.78 is 6.20. The van der Waals surface area contributed by atoms with Crippen molar-refractivity contribution in [3.63, 3.8) is 0 Å². The number of hydrogen-bond donors (Lipinski definition) is 8. The molecule has 0 unspecified atom stereocenters. The van der Waals surface area contributed by atoms with Crippen molar-refractivity contribution in [3.8, 4) is 23.3 Å². The van der Waals surface area contributed by atoms with Crippen molar-refractivity contribution in [1.29, 1.82) is 0 Å². The van der Waals surface area contributed by atoms with E-state index in [0.29, 0.717) is 50.9 Å². The molecule has 10 heteroatoms. The van der Waals surface area contributed by atoms with Gasteiger partial charge in [0.1, 0.15) is 11.9 Å². The number of hydrogen-bond acceptors (Lipinski definition) is 9. The van der Waals surface area contributed by atoms with Gasteiger partial charge in [-0.2, -0.15) is 0 Å². The van der Waals surface area contributed by atoms with Crippen LogP contribution in [0.15, 0.2) is 54.9 Å². The number of aryl methyl sites for hydroxylation is 1. The van der Waals surface area contributed by atoms with Crippen LogP contribution in [0.5, 0.6) is 11.5 Å². The minimum absolute atomic E-state index is 0.0322. The van der Waals surface area contributed by atoms with E-state index in [-0.39, 0.29) is 36.0 Å². The normalized spacial score (nSPS) is 22.5. The SMILES string of the molecule is CC[C@H]1C#CC[C@H]([C@H](O)CCc2ccc(O)c(O[C@H](CO)C[C@H](Cc3ccc[nH]3)c3ccnc(N)c3)c2)[C@@H](O)CC[C@H](NC[C@H](C)O)C1. The number of nitrogen functional groups attached to an aromatic ring is 1. The molecule has 1 aliphatic rings. The molecular formula is C38H54N4O6. The van der Waals surface area contributed by atoms with Crippen molar-refractivity contribution in [2.24, 2.45) is 11.8 Å². The zero-order valence-corrected chi connectivity index (χ0v) is 28.3. The highest BCUT2D eigenvalue weighted by molar-refractivity contribution is 5.42. The number of ether oxygens (including phenoxy) is 1. The summed E-state index contributed by atoms with van der Waals surface area (Å²) in [5.41, 5.74) is 8.86. The number of aliphatic hydroxyl groups is 4. The van der Waals surface area contributed by atoms with Crippen LogP contribution in [0.1, 0.15) is 81.5 Å². The van der Waals surface area contributed by atoms with Crippen LogP contribution in [0.4, 0.5) is 5.82 Å². The Bertz CT molecular complexity index is 1440. The fourth-order valence-corrected chi connectivity index (χ4v) is 6.56. The van der Waals surface area contributed by atoms with Crippen LogP contribution in [-0.4, -0.2) is 79.1 Å². The minimum Gasteiger partial charge on any atom is -0.504 e. The Morgan fingerprint density at radius 3 is 2.71 bits per heavy atom. The lowest BCUT2D eigenvalue weighted by Gasteiger charge is -2.30. The smallest absolute Gasteiger partial charge is 0.161 e. The first-order valence-corrected chi connectivity index (χ1v) is 17.3. The molecule has 0 spiro atoms. The first-order chi connectivity index (χ1) is 23.1. The average molecular weight is 663 g/mol. The van der Waals surface area contributed by atoms with Gasteiger partial charge in [0.2, 0.25) is 0 Å². The maximum atomic E-state index is 11.3. The summed E-state index contributed by atoms with van der Waals surface area (Å²) in [6, 6.07) is 13.0. The Morgan fingerprint density at radius 1 is 1.17 bits per heavy atom. The number of aliphatic hydroxyl groups excluding tert-OH is 4. The molecule has 1 aromatic carbocycles. The van der Waals surface area contributed by atoms with Crippen molar-refractivity contribution >= 4 is 5.82 Å². The van der Waals surface area contributed by atoms with E-state index in [1.807, 2.05) is 30.5 Å². The first kappa shape index (κ1) is 37.2. The third-order valence-electron chi connectivity index (χ3n) is 9.41. The number of aromatic nitrogens is 2. The van der Waals surface area contributed by atoms with Crippen molar-refractivity contribution in [3.05, 3.63) is 71.7 Å². The summed E-state index contributed by atoms with van der Waals surface area (Å²) in [6.07, 6.45) is 6.53. The highest BCUT2D eigenvalue weighted by Gasteiger charge is 2.28. The van der Waals surface area contributed by atoms with Gasteiger partial charge in [-0.1, -0.05) is 18.9 Å². The van der Waals surface area contributed by atoms with Gasteiger partial charge in [-0.15, -0.1) is 5.92 Å². The average Bonchev–Trinajstić information content (AvgIpc) is 3.59. The zero-order chi connectivity index (χ0) is 34.5. The van der Waals surface area contributed by atoms with Crippen LogP contribution < -0.4 is 15.8 Å². The summed E-state index contributed by atoms with van der Waals surface area (Å²) in [4.78, 5) is 7.36. The number of benzene rings is 1. The van der Waals surface area contributed by atoms with E-state index in [1.165, 1.54) is 0 Å². The molecule has 2 aromatic heterocycles. The monoisotopic (exact) mass is 662 g/mol. The number of phenolic OH excluding ortho intramolecular Hbond substituents is 1. The number of pyridine rings is 1. The molecule has 0 amide bonds. The van der Waals surface area contributed by atoms with E-state index in [1.54, 1.807) is 31.3 Å². The van der Waals surface area contributed by atoms with Crippen molar-refractivity contribution in [1.82, 2.24) is 15.3 Å². The largest absolute Gasteiger partial charge is 0.504 e. The van der Waals surface area contributed by atoms with Gasteiger partial charge < -0.3 is 46.3 Å². The molecule has 0 aliphatic heterocycles. The molecule has 0 bridgehead atoms. The van der Waals surface area contributed by atoms with Crippen LogP contribution in [0, 0.1) is 23.7 Å². The third-order valence-corrected chi connectivity index (χ3v) is 9.41. The number of nitrogens with one attached hydrogen (secondary N) is 2. The second-order valence-electron chi connectivity index (χ2n) is 13.3. The summed E-state index contributed by atoms with van der Waals surface area (Å²) in [5, 5.41) is 56.6. The maximum absolute atomic E-state index is 11.3. The molecule has 0 radical (unpaired) electrons. The molecule has 48 heavy (non-hydrogen) atoms. The van der Waals surface area contributed by atoms with Crippen LogP contribution in [0.3, 0.4) is 0 Å². The maximum Gasteiger partial charge on any atom is 0.161 e. The van der Waals surface area contributed by atoms with Crippen molar-refractivity contribution < 1.29 is 30.3 Å². The predicted molar refractivity (Wildman–Crippen MR) is 187 cm³/mol. The topological polar surface area (TPSA) is 177 Å². The Morgan fingerprint density at radius 2 is 2.00 bits per heavy atom. The van der Waals surface area contributed by atoms with Crippen LogP contribution in [0.2, 0.25) is 0 Å². The lowest BCUT2D eigenvalue weighted by molar-refractivity contribution is 0.00428. The number of aromatic hydroxyl groups is 1. The zero-order valence-electron chi connectivity index (χ0n) is 28.3. The van der Waals surface area contributed by atoms with Gasteiger partial charge in [0.05, 0.1) is 24.9 Å². The molecule has 8 atom stereocenters. The Kier molecular flexibility index (Phi) is 14.6. The number of anilines is 1. The molecule has 0 saturated carbocycles. The van der Waals surface area contributed by atoms with Gasteiger partial charge in [-0.3, -0.25) is 0 Å². The molecule has 2 heterocycles. The highest BCUT2D eigenvalue weighted by Crippen LogP contribution is 2.33. The molecule has 3 aromatic rings. The number of H-pyrrole nitrogens is 1. The summed E-state index contributed by atoms with van der Waals surface area (Å²) in [5.74, 6) is 7.06. The quantitative estimate of drug-likeness (QED) is 0.105. The van der Waals surface area contributed by atoms with Crippen LogP contribution in [-0.2, 0) is 12.8 Å². The highest BCUT2D eigenvalue weighted by atomic mass is 16.5. The second-order valence-corrected chi connectivity index (χ2v) is 13.3. The van der Waals surface area contributed by atoms with Crippen molar-refractivity contribution in [2.75, 3.05) is 18.9 Å². The number of rotatable bonds is 16. The Balaban J connectivity index is 1.41. The fourth-order valence-electron chi connectivity index (χ4n) is 6.56. The van der Waals surface area contributed by atoms with Gasteiger partial charge in [0.15, 0.2) is 11.5 Å². The van der Waals surface area contributed by atoms with Crippen LogP contribution >= 0.6 is 0 Å². The molecular weight excluding hydrogens is 608 g/mol. The van der Waals surface area contributed by atoms with Crippen molar-refractivity contribution in [2.45, 2.75) is 108 Å². The van der Waals surface area contributed by atoms with Gasteiger partial charge in [0.25, 0.3) is 0 Å². The summed E-state index contributed by atoms with van der Waals surface area (Å²) >= 11 is 0. The van der Waals surface area contributed by atoms with Gasteiger partial charge in [-0.25, -0.2) is 4.98 Å². The lowest BCUT2D eigenvalue weighted by Crippen LogP contribution is -2.38. The van der Waals surface area contributed by atoms with Crippen LogP contribution in [0.25, 0.3) is 0 Å². The number of nitrogens with two attached hydrogens (primary N) is 1. The Hall–Kier alpha value is -3.59. The summed E-state index contributed by atoms with van der Waals surface area (Å²) in [7, 11) is 0. The predicted octanol–water partition coefficient (Wildman–Crippen LogP) is 4.07. The molecule has 1 aliphatic carbocycles. The minimum atomic E-state index is -0.775. The summed E-state index contributed by atoms with van der Waals surface area (Å²) in [6.45, 7) is 4.11. The molecule has 0 fully saturated rings. The van der Waals surface area contributed by atoms with E-state index in [0.717, 1.165) is 36.1 Å². The first-order valence-electron chi connectivity index (χ1n) is 17.3. The molecule has 9 N–H and O–H groups in total.